The van der Waals surface area contributed by atoms with E-state index in [0.29, 0.717) is 19.1 Å². The van der Waals surface area contributed by atoms with Crippen LogP contribution < -0.4 is 15.4 Å². The van der Waals surface area contributed by atoms with Crippen molar-refractivity contribution in [2.24, 2.45) is 4.99 Å². The summed E-state index contributed by atoms with van der Waals surface area (Å²) in [6.07, 6.45) is 0.888. The highest BCUT2D eigenvalue weighted by atomic mass is 127. The van der Waals surface area contributed by atoms with Crippen molar-refractivity contribution in [3.63, 3.8) is 0 Å². The normalized spacial score (nSPS) is 11.2. The summed E-state index contributed by atoms with van der Waals surface area (Å²) in [6.45, 7) is 6.09. The van der Waals surface area contributed by atoms with E-state index in [1.807, 2.05) is 36.4 Å². The molecule has 0 radical (unpaired) electrons. The fourth-order valence-electron chi connectivity index (χ4n) is 2.89. The van der Waals surface area contributed by atoms with Gasteiger partial charge in [-0.05, 0) is 35.6 Å². The Morgan fingerprint density at radius 2 is 1.77 bits per heavy atom. The van der Waals surface area contributed by atoms with Crippen LogP contribution in [0.25, 0.3) is 0 Å². The number of benzene rings is 2. The summed E-state index contributed by atoms with van der Waals surface area (Å²) in [5, 5.41) is 10.6. The third kappa shape index (κ3) is 8.24. The fraction of sp³-hybridized carbons (Fsp3) is 0.333. The highest BCUT2D eigenvalue weighted by molar-refractivity contribution is 14.0. The quantitative estimate of drug-likeness (QED) is 0.232. The number of nitrogens with zero attached hydrogens (tertiary/aromatic N) is 2. The summed E-state index contributed by atoms with van der Waals surface area (Å²) >= 11 is 0. The Morgan fingerprint density at radius 3 is 2.42 bits per heavy atom. The molecule has 0 amide bonds. The average Bonchev–Trinajstić information content (AvgIpc) is 3.26. The van der Waals surface area contributed by atoms with Gasteiger partial charge < -0.3 is 19.9 Å². The molecule has 0 unspecified atom stereocenters. The molecule has 0 bridgehead atoms. The van der Waals surface area contributed by atoms with Crippen LogP contribution in [0.4, 0.5) is 0 Å². The Bertz CT molecular complexity index is 924. The van der Waals surface area contributed by atoms with Gasteiger partial charge in [0.1, 0.15) is 12.4 Å². The van der Waals surface area contributed by atoms with Crippen LogP contribution in [0.3, 0.4) is 0 Å². The standard InChI is InChI=1S/C24H30N4O2.HI/c1-18(2)23-15-22(30-28-23)16-27-24(25-3)26-14-13-19-9-11-21(12-10-19)29-17-20-7-5-4-6-8-20;/h4-12,15,18H,13-14,16-17H2,1-3H3,(H2,25,26,27);1H. The summed E-state index contributed by atoms with van der Waals surface area (Å²) in [4.78, 5) is 4.26. The Hall–Kier alpha value is -2.55. The van der Waals surface area contributed by atoms with E-state index in [0.717, 1.165) is 41.7 Å². The number of hydrogen-bond donors (Lipinski definition) is 2. The first kappa shape index (κ1) is 24.7. The molecule has 0 spiro atoms. The first-order valence-corrected chi connectivity index (χ1v) is 10.3. The van der Waals surface area contributed by atoms with Gasteiger partial charge in [0.25, 0.3) is 0 Å². The lowest BCUT2D eigenvalue weighted by atomic mass is 10.1. The Labute approximate surface area is 201 Å². The smallest absolute Gasteiger partial charge is 0.191 e. The van der Waals surface area contributed by atoms with Crippen LogP contribution in [-0.4, -0.2) is 24.7 Å². The van der Waals surface area contributed by atoms with Crippen LogP contribution in [0.15, 0.2) is 70.2 Å². The molecule has 6 nitrogen and oxygen atoms in total. The third-order valence-electron chi connectivity index (χ3n) is 4.70. The lowest BCUT2D eigenvalue weighted by Crippen LogP contribution is -2.37. The second-order valence-corrected chi connectivity index (χ2v) is 7.39. The van der Waals surface area contributed by atoms with Gasteiger partial charge in [0.2, 0.25) is 0 Å². The van der Waals surface area contributed by atoms with Gasteiger partial charge in [0.05, 0.1) is 12.2 Å². The molecule has 31 heavy (non-hydrogen) atoms. The van der Waals surface area contributed by atoms with Gasteiger partial charge in [0.15, 0.2) is 11.7 Å². The maximum atomic E-state index is 5.84. The highest BCUT2D eigenvalue weighted by Crippen LogP contribution is 2.15. The molecule has 1 heterocycles. The molecule has 0 aliphatic carbocycles. The molecule has 0 saturated carbocycles. The zero-order valence-corrected chi connectivity index (χ0v) is 20.6. The summed E-state index contributed by atoms with van der Waals surface area (Å²) < 4.78 is 11.2. The fourth-order valence-corrected chi connectivity index (χ4v) is 2.89. The number of hydrogen-bond acceptors (Lipinski definition) is 4. The average molecular weight is 534 g/mol. The number of aromatic nitrogens is 1. The van der Waals surface area contributed by atoms with Crippen LogP contribution >= 0.6 is 24.0 Å². The molecular formula is C24H31IN4O2. The second kappa shape index (κ2) is 13.0. The number of nitrogens with one attached hydrogen (secondary N) is 2. The van der Waals surface area contributed by atoms with E-state index < -0.39 is 0 Å². The summed E-state index contributed by atoms with van der Waals surface area (Å²) in [5.74, 6) is 2.77. The zero-order valence-electron chi connectivity index (χ0n) is 18.3. The Morgan fingerprint density at radius 1 is 1.03 bits per heavy atom. The van der Waals surface area contributed by atoms with Crippen molar-refractivity contribution in [1.82, 2.24) is 15.8 Å². The molecule has 0 atom stereocenters. The minimum Gasteiger partial charge on any atom is -0.489 e. The minimum atomic E-state index is 0. The molecule has 0 aliphatic rings. The second-order valence-electron chi connectivity index (χ2n) is 7.39. The maximum absolute atomic E-state index is 5.84. The number of rotatable bonds is 9. The Kier molecular flexibility index (Phi) is 10.4. The van der Waals surface area contributed by atoms with Crippen molar-refractivity contribution < 1.29 is 9.26 Å². The van der Waals surface area contributed by atoms with Crippen molar-refractivity contribution in [2.75, 3.05) is 13.6 Å². The molecule has 0 aliphatic heterocycles. The predicted octanol–water partition coefficient (Wildman–Crippen LogP) is 4.90. The molecule has 1 aromatic heterocycles. The SMILES string of the molecule is CN=C(NCCc1ccc(OCc2ccccc2)cc1)NCc1cc(C(C)C)no1.I. The first-order valence-electron chi connectivity index (χ1n) is 10.3. The van der Waals surface area contributed by atoms with Crippen molar-refractivity contribution >= 4 is 29.9 Å². The van der Waals surface area contributed by atoms with Crippen LogP contribution in [0.5, 0.6) is 5.75 Å². The molecule has 0 saturated heterocycles. The van der Waals surface area contributed by atoms with E-state index in [2.05, 4.69) is 58.9 Å². The summed E-state index contributed by atoms with van der Waals surface area (Å²) in [5.41, 5.74) is 3.36. The number of halogens is 1. The molecule has 2 N–H and O–H groups in total. The van der Waals surface area contributed by atoms with E-state index >= 15 is 0 Å². The van der Waals surface area contributed by atoms with Gasteiger partial charge >= 0.3 is 0 Å². The zero-order chi connectivity index (χ0) is 21.2. The van der Waals surface area contributed by atoms with Crippen molar-refractivity contribution in [1.29, 1.82) is 0 Å². The van der Waals surface area contributed by atoms with E-state index in [1.54, 1.807) is 7.05 Å². The van der Waals surface area contributed by atoms with Gasteiger partial charge in [0, 0.05) is 19.7 Å². The molecule has 3 rings (SSSR count). The monoisotopic (exact) mass is 534 g/mol. The number of aliphatic imine (C=N–C) groups is 1. The van der Waals surface area contributed by atoms with Crippen LogP contribution in [0.2, 0.25) is 0 Å². The largest absolute Gasteiger partial charge is 0.489 e. The van der Waals surface area contributed by atoms with Gasteiger partial charge in [-0.3, -0.25) is 4.99 Å². The number of guanidine groups is 1. The minimum absolute atomic E-state index is 0. The lowest BCUT2D eigenvalue weighted by molar-refractivity contribution is 0.306. The van der Waals surface area contributed by atoms with Crippen LogP contribution in [-0.2, 0) is 19.6 Å². The molecule has 2 aromatic carbocycles. The van der Waals surface area contributed by atoms with Gasteiger partial charge in [-0.25, -0.2) is 0 Å². The van der Waals surface area contributed by atoms with Crippen molar-refractivity contribution in [3.05, 3.63) is 83.2 Å². The highest BCUT2D eigenvalue weighted by Gasteiger charge is 2.08. The molecular weight excluding hydrogens is 503 g/mol. The van der Waals surface area contributed by atoms with Gasteiger partial charge in [-0.2, -0.15) is 0 Å². The molecule has 7 heteroatoms. The maximum Gasteiger partial charge on any atom is 0.191 e. The van der Waals surface area contributed by atoms with Crippen LogP contribution in [0.1, 0.15) is 42.3 Å². The predicted molar refractivity (Wildman–Crippen MR) is 135 cm³/mol. The van der Waals surface area contributed by atoms with E-state index in [1.165, 1.54) is 5.56 Å². The van der Waals surface area contributed by atoms with Crippen molar-refractivity contribution in [3.8, 4) is 5.75 Å². The third-order valence-corrected chi connectivity index (χ3v) is 4.70. The summed E-state index contributed by atoms with van der Waals surface area (Å²) in [7, 11) is 1.76. The lowest BCUT2D eigenvalue weighted by Gasteiger charge is -2.11. The molecule has 3 aromatic rings. The first-order chi connectivity index (χ1) is 14.6. The molecule has 166 valence electrons. The van der Waals surface area contributed by atoms with Crippen LogP contribution in [0, 0.1) is 0 Å². The van der Waals surface area contributed by atoms with E-state index in [9.17, 15) is 0 Å². The topological polar surface area (TPSA) is 71.7 Å². The van der Waals surface area contributed by atoms with E-state index in [-0.39, 0.29) is 24.0 Å². The van der Waals surface area contributed by atoms with Crippen molar-refractivity contribution in [2.45, 2.75) is 39.3 Å². The van der Waals surface area contributed by atoms with Gasteiger partial charge in [-0.1, -0.05) is 61.5 Å². The Balaban J connectivity index is 0.00000341. The summed E-state index contributed by atoms with van der Waals surface area (Å²) in [6, 6.07) is 20.4. The number of ether oxygens (including phenoxy) is 1. The molecule has 0 fully saturated rings. The van der Waals surface area contributed by atoms with Gasteiger partial charge in [-0.15, -0.1) is 24.0 Å². The van der Waals surface area contributed by atoms with E-state index in [4.69, 9.17) is 9.26 Å².